The standard InChI is InChI=1S/C14H18N4O3/c1-2-17-7-3-4-11(17)9-15-14-16-12-8-10(18(19)20)5-6-13(12)21-14/h5-6,8,11H,2-4,7,9H2,1H3,(H,15,16). The van der Waals surface area contributed by atoms with Gasteiger partial charge in [0.2, 0.25) is 0 Å². The van der Waals surface area contributed by atoms with Crippen molar-refractivity contribution in [3.05, 3.63) is 28.3 Å². The van der Waals surface area contributed by atoms with E-state index < -0.39 is 4.92 Å². The molecule has 1 saturated heterocycles. The monoisotopic (exact) mass is 290 g/mol. The van der Waals surface area contributed by atoms with Gasteiger partial charge in [-0.15, -0.1) is 0 Å². The molecule has 2 aromatic rings. The quantitative estimate of drug-likeness (QED) is 0.673. The molecule has 1 atom stereocenters. The van der Waals surface area contributed by atoms with Crippen molar-refractivity contribution in [3.8, 4) is 0 Å². The zero-order chi connectivity index (χ0) is 14.8. The minimum absolute atomic E-state index is 0.0234. The molecule has 112 valence electrons. The lowest BCUT2D eigenvalue weighted by atomic mass is 10.2. The molecule has 1 N–H and O–H groups in total. The Kier molecular flexibility index (Phi) is 3.74. The highest BCUT2D eigenvalue weighted by atomic mass is 16.6. The van der Waals surface area contributed by atoms with Gasteiger partial charge >= 0.3 is 0 Å². The van der Waals surface area contributed by atoms with Crippen LogP contribution in [0.5, 0.6) is 0 Å². The highest BCUT2D eigenvalue weighted by Gasteiger charge is 2.23. The third-order valence-corrected chi connectivity index (χ3v) is 3.98. The van der Waals surface area contributed by atoms with E-state index in [-0.39, 0.29) is 5.69 Å². The summed E-state index contributed by atoms with van der Waals surface area (Å²) in [6.07, 6.45) is 2.40. The van der Waals surface area contributed by atoms with Crippen LogP contribution in [0.2, 0.25) is 0 Å². The lowest BCUT2D eigenvalue weighted by molar-refractivity contribution is -0.384. The molecule has 3 rings (SSSR count). The van der Waals surface area contributed by atoms with Crippen molar-refractivity contribution >= 4 is 22.8 Å². The van der Waals surface area contributed by atoms with Gasteiger partial charge in [0.05, 0.1) is 4.92 Å². The number of nitro benzene ring substituents is 1. The number of oxazole rings is 1. The number of nitrogens with zero attached hydrogens (tertiary/aromatic N) is 3. The van der Waals surface area contributed by atoms with E-state index in [2.05, 4.69) is 22.1 Å². The van der Waals surface area contributed by atoms with E-state index in [4.69, 9.17) is 4.42 Å². The van der Waals surface area contributed by atoms with Crippen LogP contribution in [0.4, 0.5) is 11.7 Å². The molecule has 1 unspecified atom stereocenters. The number of aromatic nitrogens is 1. The third-order valence-electron chi connectivity index (χ3n) is 3.98. The van der Waals surface area contributed by atoms with Crippen molar-refractivity contribution in [1.29, 1.82) is 0 Å². The first-order valence-electron chi connectivity index (χ1n) is 7.20. The summed E-state index contributed by atoms with van der Waals surface area (Å²) in [4.78, 5) is 17.0. The number of rotatable bonds is 5. The average Bonchev–Trinajstić information content (AvgIpc) is 3.09. The summed E-state index contributed by atoms with van der Waals surface area (Å²) in [5.74, 6) is 0. The number of non-ortho nitro benzene ring substituents is 1. The van der Waals surface area contributed by atoms with Gasteiger partial charge < -0.3 is 9.73 Å². The summed E-state index contributed by atoms with van der Waals surface area (Å²) in [6.45, 7) is 5.13. The largest absolute Gasteiger partial charge is 0.424 e. The molecule has 1 aromatic heterocycles. The number of nitrogens with one attached hydrogen (secondary N) is 1. The van der Waals surface area contributed by atoms with Crippen LogP contribution in [0.1, 0.15) is 19.8 Å². The number of benzene rings is 1. The molecule has 7 heteroatoms. The van der Waals surface area contributed by atoms with Crippen molar-refractivity contribution in [2.24, 2.45) is 0 Å². The number of likely N-dealkylation sites (N-methyl/N-ethyl adjacent to an activating group) is 1. The van der Waals surface area contributed by atoms with Crippen LogP contribution in [0.15, 0.2) is 22.6 Å². The van der Waals surface area contributed by atoms with E-state index in [0.29, 0.717) is 23.2 Å². The van der Waals surface area contributed by atoms with Gasteiger partial charge in [-0.05, 0) is 32.0 Å². The van der Waals surface area contributed by atoms with E-state index >= 15 is 0 Å². The van der Waals surface area contributed by atoms with E-state index in [9.17, 15) is 10.1 Å². The van der Waals surface area contributed by atoms with Gasteiger partial charge in [-0.25, -0.2) is 0 Å². The summed E-state index contributed by atoms with van der Waals surface area (Å²) in [7, 11) is 0. The number of fused-ring (bicyclic) bond motifs is 1. The van der Waals surface area contributed by atoms with Gasteiger partial charge in [-0.1, -0.05) is 6.92 Å². The maximum absolute atomic E-state index is 10.7. The Balaban J connectivity index is 1.71. The normalized spacial score (nSPS) is 19.2. The summed E-state index contributed by atoms with van der Waals surface area (Å²) >= 11 is 0. The second-order valence-corrected chi connectivity index (χ2v) is 5.23. The molecule has 1 fully saturated rings. The minimum Gasteiger partial charge on any atom is -0.424 e. The molecule has 0 radical (unpaired) electrons. The highest BCUT2D eigenvalue weighted by Crippen LogP contribution is 2.24. The fourth-order valence-corrected chi connectivity index (χ4v) is 2.85. The molecular weight excluding hydrogens is 272 g/mol. The molecular formula is C14H18N4O3. The molecule has 21 heavy (non-hydrogen) atoms. The Hall–Kier alpha value is -2.15. The molecule has 7 nitrogen and oxygen atoms in total. The summed E-state index contributed by atoms with van der Waals surface area (Å²) in [5, 5.41) is 13.9. The second kappa shape index (κ2) is 5.69. The van der Waals surface area contributed by atoms with E-state index in [1.807, 2.05) is 0 Å². The second-order valence-electron chi connectivity index (χ2n) is 5.23. The third kappa shape index (κ3) is 2.82. The Bertz CT molecular complexity index is 655. The Labute approximate surface area is 122 Å². The first-order valence-corrected chi connectivity index (χ1v) is 7.20. The molecule has 2 heterocycles. The lowest BCUT2D eigenvalue weighted by Crippen LogP contribution is -2.34. The van der Waals surface area contributed by atoms with Crippen molar-refractivity contribution < 1.29 is 9.34 Å². The topological polar surface area (TPSA) is 84.4 Å². The summed E-state index contributed by atoms with van der Waals surface area (Å²) < 4.78 is 5.57. The molecule has 1 aliphatic heterocycles. The van der Waals surface area contributed by atoms with Gasteiger partial charge in [0.15, 0.2) is 5.58 Å². The van der Waals surface area contributed by atoms with E-state index in [1.165, 1.54) is 25.0 Å². The zero-order valence-corrected chi connectivity index (χ0v) is 11.9. The molecule has 0 spiro atoms. The van der Waals surface area contributed by atoms with Crippen LogP contribution < -0.4 is 5.32 Å². The number of hydrogen-bond donors (Lipinski definition) is 1. The maximum Gasteiger partial charge on any atom is 0.295 e. The van der Waals surface area contributed by atoms with Gasteiger partial charge in [0, 0.05) is 24.7 Å². The predicted octanol–water partition coefficient (Wildman–Crippen LogP) is 2.63. The lowest BCUT2D eigenvalue weighted by Gasteiger charge is -2.22. The Morgan fingerprint density at radius 1 is 1.57 bits per heavy atom. The summed E-state index contributed by atoms with van der Waals surface area (Å²) in [6, 6.07) is 5.36. The number of nitro groups is 1. The fraction of sp³-hybridized carbons (Fsp3) is 0.500. The van der Waals surface area contributed by atoms with Crippen LogP contribution in [-0.2, 0) is 0 Å². The number of likely N-dealkylation sites (tertiary alicyclic amines) is 1. The van der Waals surface area contributed by atoms with Gasteiger partial charge in [0.1, 0.15) is 5.52 Å². The van der Waals surface area contributed by atoms with Crippen LogP contribution in [-0.4, -0.2) is 40.5 Å². The highest BCUT2D eigenvalue weighted by molar-refractivity contribution is 5.77. The van der Waals surface area contributed by atoms with Crippen molar-refractivity contribution in [2.45, 2.75) is 25.8 Å². The minimum atomic E-state index is -0.432. The molecule has 0 bridgehead atoms. The van der Waals surface area contributed by atoms with Gasteiger partial charge in [-0.3, -0.25) is 15.0 Å². The molecule has 0 amide bonds. The van der Waals surface area contributed by atoms with Gasteiger partial charge in [-0.2, -0.15) is 4.98 Å². The Morgan fingerprint density at radius 3 is 3.19 bits per heavy atom. The maximum atomic E-state index is 10.7. The van der Waals surface area contributed by atoms with Crippen molar-refractivity contribution in [3.63, 3.8) is 0 Å². The van der Waals surface area contributed by atoms with Crippen molar-refractivity contribution in [1.82, 2.24) is 9.88 Å². The smallest absolute Gasteiger partial charge is 0.295 e. The fourth-order valence-electron chi connectivity index (χ4n) is 2.85. The van der Waals surface area contributed by atoms with Crippen LogP contribution in [0, 0.1) is 10.1 Å². The van der Waals surface area contributed by atoms with E-state index in [1.54, 1.807) is 6.07 Å². The average molecular weight is 290 g/mol. The van der Waals surface area contributed by atoms with Crippen LogP contribution >= 0.6 is 0 Å². The predicted molar refractivity (Wildman–Crippen MR) is 79.4 cm³/mol. The Morgan fingerprint density at radius 2 is 2.43 bits per heavy atom. The number of anilines is 1. The zero-order valence-electron chi connectivity index (χ0n) is 11.9. The number of hydrogen-bond acceptors (Lipinski definition) is 6. The summed E-state index contributed by atoms with van der Waals surface area (Å²) in [5.41, 5.74) is 1.09. The van der Waals surface area contributed by atoms with Gasteiger partial charge in [0.25, 0.3) is 11.7 Å². The first kappa shape index (κ1) is 13.8. The molecule has 1 aliphatic rings. The van der Waals surface area contributed by atoms with Crippen LogP contribution in [0.3, 0.4) is 0 Å². The molecule has 1 aromatic carbocycles. The van der Waals surface area contributed by atoms with Crippen LogP contribution in [0.25, 0.3) is 11.1 Å². The molecule has 0 saturated carbocycles. The van der Waals surface area contributed by atoms with E-state index in [0.717, 1.165) is 19.6 Å². The van der Waals surface area contributed by atoms with Crippen molar-refractivity contribution in [2.75, 3.05) is 25.0 Å². The first-order chi connectivity index (χ1) is 10.2. The SMILES string of the molecule is CCN1CCCC1CNc1nc2cc([N+](=O)[O-])ccc2o1. The molecule has 0 aliphatic carbocycles.